The number of Topliss-reactive ketones (excluding diaryl/α,β-unsaturated/α-hetero) is 1. The maximum atomic E-state index is 13.7. The predicted octanol–water partition coefficient (Wildman–Crippen LogP) is 9.12. The number of fused-ring (bicyclic) bond motifs is 3. The second-order valence-corrected chi connectivity index (χ2v) is 12.0. The number of hydrogen-bond acceptors (Lipinski definition) is 3. The summed E-state index contributed by atoms with van der Waals surface area (Å²) >= 11 is 6.18. The van der Waals surface area contributed by atoms with E-state index in [4.69, 9.17) is 16.3 Å². The molecule has 5 aromatic carbocycles. The molecule has 5 aromatic rings. The number of likely N-dealkylation sites (tertiary alicyclic amines) is 1. The molecule has 0 bridgehead atoms. The predicted molar refractivity (Wildman–Crippen MR) is 174 cm³/mol. The van der Waals surface area contributed by atoms with Crippen LogP contribution in [0.5, 0.6) is 0 Å². The molecule has 1 unspecified atom stereocenters. The average Bonchev–Trinajstić information content (AvgIpc) is 3.69. The molecule has 5 heteroatoms. The molecule has 0 spiro atoms. The van der Waals surface area contributed by atoms with Gasteiger partial charge in [0.15, 0.2) is 5.78 Å². The van der Waals surface area contributed by atoms with Crippen molar-refractivity contribution in [1.29, 1.82) is 0 Å². The van der Waals surface area contributed by atoms with Gasteiger partial charge in [0.1, 0.15) is 6.61 Å². The first-order valence-electron chi connectivity index (χ1n) is 15.1. The molecule has 7 rings (SSSR count). The van der Waals surface area contributed by atoms with Crippen LogP contribution in [0.1, 0.15) is 62.9 Å². The zero-order valence-electron chi connectivity index (χ0n) is 24.2. The summed E-state index contributed by atoms with van der Waals surface area (Å²) in [6.07, 6.45) is 0.972. The summed E-state index contributed by atoms with van der Waals surface area (Å²) in [5.41, 5.74) is 8.67. The third-order valence-corrected chi connectivity index (χ3v) is 9.24. The molecular weight excluding hydrogens is 566 g/mol. The lowest BCUT2D eigenvalue weighted by Crippen LogP contribution is -2.41. The van der Waals surface area contributed by atoms with Crippen molar-refractivity contribution < 1.29 is 14.3 Å². The molecule has 0 aromatic heterocycles. The topological polar surface area (TPSA) is 46.6 Å². The Labute approximate surface area is 262 Å². The van der Waals surface area contributed by atoms with Gasteiger partial charge in [0.25, 0.3) is 0 Å². The Bertz CT molecular complexity index is 1750. The van der Waals surface area contributed by atoms with E-state index in [1.807, 2.05) is 91.0 Å². The Kier molecular flexibility index (Phi) is 7.76. The summed E-state index contributed by atoms with van der Waals surface area (Å²) in [7, 11) is 0. The largest absolute Gasteiger partial charge is 0.448 e. The third kappa shape index (κ3) is 5.31. The van der Waals surface area contributed by atoms with Crippen molar-refractivity contribution in [3.63, 3.8) is 0 Å². The van der Waals surface area contributed by atoms with Crippen molar-refractivity contribution in [2.24, 2.45) is 0 Å². The van der Waals surface area contributed by atoms with Gasteiger partial charge in [0, 0.05) is 29.0 Å². The summed E-state index contributed by atoms with van der Waals surface area (Å²) in [6.45, 7) is 0.752. The molecule has 1 aliphatic carbocycles. The van der Waals surface area contributed by atoms with Gasteiger partial charge in [-0.1, -0.05) is 127 Å². The van der Waals surface area contributed by atoms with Crippen molar-refractivity contribution in [1.82, 2.24) is 4.90 Å². The van der Waals surface area contributed by atoms with Gasteiger partial charge in [-0.05, 0) is 63.9 Å². The molecule has 0 radical (unpaired) electrons. The highest BCUT2D eigenvalue weighted by Gasteiger charge is 2.37. The van der Waals surface area contributed by atoms with Gasteiger partial charge < -0.3 is 4.74 Å². The van der Waals surface area contributed by atoms with Crippen LogP contribution in [0.3, 0.4) is 0 Å². The number of ketones is 1. The van der Waals surface area contributed by atoms with Gasteiger partial charge in [0.05, 0.1) is 6.04 Å². The molecule has 1 fully saturated rings. The minimum Gasteiger partial charge on any atom is -0.448 e. The zero-order valence-corrected chi connectivity index (χ0v) is 25.0. The highest BCUT2D eigenvalue weighted by Crippen LogP contribution is 2.44. The summed E-state index contributed by atoms with van der Waals surface area (Å²) in [5, 5.41) is 0.694. The van der Waals surface area contributed by atoms with Crippen molar-refractivity contribution >= 4 is 23.5 Å². The third-order valence-electron chi connectivity index (χ3n) is 8.99. The molecule has 2 aliphatic rings. The number of ether oxygens (including phenoxy) is 1. The van der Waals surface area contributed by atoms with E-state index in [0.717, 1.165) is 23.1 Å². The Hall–Kier alpha value is -4.67. The number of amides is 1. The molecule has 218 valence electrons. The lowest BCUT2D eigenvalue weighted by molar-refractivity contribution is 0.0752. The summed E-state index contributed by atoms with van der Waals surface area (Å²) in [4.78, 5) is 28.8. The molecule has 2 atom stereocenters. The van der Waals surface area contributed by atoms with Gasteiger partial charge in [-0.2, -0.15) is 0 Å². The normalized spacial score (nSPS) is 16.3. The fourth-order valence-electron chi connectivity index (χ4n) is 6.85. The smallest absolute Gasteiger partial charge is 0.410 e. The lowest BCUT2D eigenvalue weighted by atomic mass is 9.84. The van der Waals surface area contributed by atoms with Crippen LogP contribution in [0, 0.1) is 0 Å². The Morgan fingerprint density at radius 3 is 1.89 bits per heavy atom. The zero-order chi connectivity index (χ0) is 30.0. The lowest BCUT2D eigenvalue weighted by Gasteiger charge is -2.24. The van der Waals surface area contributed by atoms with E-state index in [0.29, 0.717) is 23.6 Å². The molecular formula is C39H32ClNO3. The maximum Gasteiger partial charge on any atom is 0.410 e. The highest BCUT2D eigenvalue weighted by atomic mass is 35.5. The van der Waals surface area contributed by atoms with Crippen LogP contribution in [-0.2, 0) is 4.74 Å². The number of nitrogens with zero attached hydrogens (tertiary/aromatic N) is 1. The van der Waals surface area contributed by atoms with Crippen LogP contribution < -0.4 is 0 Å². The van der Waals surface area contributed by atoms with E-state index >= 15 is 0 Å². The van der Waals surface area contributed by atoms with E-state index in [-0.39, 0.29) is 24.2 Å². The van der Waals surface area contributed by atoms with Crippen molar-refractivity contribution in [2.75, 3.05) is 13.2 Å². The summed E-state index contributed by atoms with van der Waals surface area (Å²) < 4.78 is 5.92. The fourth-order valence-corrected chi connectivity index (χ4v) is 6.97. The highest BCUT2D eigenvalue weighted by molar-refractivity contribution is 6.30. The fraction of sp³-hybridized carbons (Fsp3) is 0.179. The van der Waals surface area contributed by atoms with E-state index in [9.17, 15) is 9.59 Å². The van der Waals surface area contributed by atoms with Crippen molar-refractivity contribution in [2.45, 2.75) is 30.7 Å². The minimum atomic E-state index is -0.530. The summed E-state index contributed by atoms with van der Waals surface area (Å²) in [5.74, 6) is -0.0689. The second-order valence-electron chi connectivity index (χ2n) is 11.5. The van der Waals surface area contributed by atoms with Crippen molar-refractivity contribution in [3.05, 3.63) is 166 Å². The molecule has 0 N–H and O–H groups in total. The Morgan fingerprint density at radius 2 is 1.25 bits per heavy atom. The van der Waals surface area contributed by atoms with Gasteiger partial charge in [0.2, 0.25) is 0 Å². The van der Waals surface area contributed by atoms with Crippen LogP contribution in [0.15, 0.2) is 127 Å². The SMILES string of the molecule is O=C(c1ccc(C(c2ccccc2)c2ccc(Cl)cc2)cc1)[C@@H]1CCCN1C(=O)OCC1c2ccccc2-c2ccccc21. The summed E-state index contributed by atoms with van der Waals surface area (Å²) in [6, 6.07) is 42.1. The molecule has 1 heterocycles. The molecule has 1 aliphatic heterocycles. The molecule has 1 amide bonds. The van der Waals surface area contributed by atoms with Crippen LogP contribution in [0.25, 0.3) is 11.1 Å². The monoisotopic (exact) mass is 597 g/mol. The first-order chi connectivity index (χ1) is 21.6. The molecule has 1 saturated heterocycles. The number of carbonyl (C=O) groups excluding carboxylic acids is 2. The number of benzene rings is 5. The van der Waals surface area contributed by atoms with Crippen LogP contribution >= 0.6 is 11.6 Å². The quantitative estimate of drug-likeness (QED) is 0.139. The number of carbonyl (C=O) groups is 2. The number of hydrogen-bond donors (Lipinski definition) is 0. The minimum absolute atomic E-state index is 0.00132. The standard InChI is InChI=1S/C39H32ClNO3/c40-30-22-20-28(21-23-30)37(26-9-2-1-3-10-26)27-16-18-29(19-17-27)38(42)36-15-8-24-41(36)39(43)44-25-35-33-13-6-4-11-31(33)32-12-5-7-14-34(32)35/h1-7,9-14,16-23,35-37H,8,15,24-25H2/t36-,37?/m0/s1. The number of rotatable bonds is 7. The molecule has 0 saturated carbocycles. The Balaban J connectivity index is 1.07. The van der Waals surface area contributed by atoms with Crippen LogP contribution in [0.2, 0.25) is 5.02 Å². The van der Waals surface area contributed by atoms with Gasteiger partial charge in [-0.15, -0.1) is 0 Å². The maximum absolute atomic E-state index is 13.7. The number of halogens is 1. The van der Waals surface area contributed by atoms with Gasteiger partial charge in [-0.3, -0.25) is 9.69 Å². The van der Waals surface area contributed by atoms with Crippen LogP contribution in [0.4, 0.5) is 4.79 Å². The van der Waals surface area contributed by atoms with E-state index in [1.54, 1.807) is 4.90 Å². The molecule has 44 heavy (non-hydrogen) atoms. The van der Waals surface area contributed by atoms with E-state index in [2.05, 4.69) is 36.4 Å². The van der Waals surface area contributed by atoms with E-state index < -0.39 is 12.1 Å². The first kappa shape index (κ1) is 28.1. The first-order valence-corrected chi connectivity index (χ1v) is 15.5. The Morgan fingerprint density at radius 1 is 0.705 bits per heavy atom. The average molecular weight is 598 g/mol. The second kappa shape index (κ2) is 12.1. The van der Waals surface area contributed by atoms with Gasteiger partial charge >= 0.3 is 6.09 Å². The van der Waals surface area contributed by atoms with Gasteiger partial charge in [-0.25, -0.2) is 4.79 Å². The van der Waals surface area contributed by atoms with Crippen LogP contribution in [-0.4, -0.2) is 36.0 Å². The van der Waals surface area contributed by atoms with Crippen molar-refractivity contribution in [3.8, 4) is 11.1 Å². The van der Waals surface area contributed by atoms with E-state index in [1.165, 1.54) is 22.3 Å². The molecule has 4 nitrogen and oxygen atoms in total.